The fourth-order valence-electron chi connectivity index (χ4n) is 2.78. The van der Waals surface area contributed by atoms with Gasteiger partial charge in [0.2, 0.25) is 0 Å². The van der Waals surface area contributed by atoms with Gasteiger partial charge >= 0.3 is 0 Å². The molecule has 0 unspecified atom stereocenters. The number of nitrogens with zero attached hydrogens (tertiary/aromatic N) is 1. The van der Waals surface area contributed by atoms with Crippen LogP contribution in [0.3, 0.4) is 0 Å². The molecule has 0 amide bonds. The Morgan fingerprint density at radius 1 is 1.06 bits per heavy atom. The van der Waals surface area contributed by atoms with Crippen LogP contribution >= 0.6 is 0 Å². The maximum Gasteiger partial charge on any atom is 0.0690 e. The Hall–Kier alpha value is -1.02. The molecule has 0 spiro atoms. The fraction of sp³-hybridized carbons (Fsp3) is 0.600. The third-order valence-corrected chi connectivity index (χ3v) is 4.04. The van der Waals surface area contributed by atoms with Gasteiger partial charge in [-0.1, -0.05) is 18.2 Å². The van der Waals surface area contributed by atoms with Crippen molar-refractivity contribution in [3.8, 4) is 0 Å². The molecule has 1 aliphatic carbocycles. The average Bonchev–Trinajstić information content (AvgIpc) is 3.09. The van der Waals surface area contributed by atoms with Crippen LogP contribution in [0.25, 0.3) is 0 Å². The molecule has 2 nitrogen and oxygen atoms in total. The van der Waals surface area contributed by atoms with E-state index in [4.69, 9.17) is 0 Å². The number of hydrogen-bond donors (Lipinski definition) is 1. The van der Waals surface area contributed by atoms with E-state index in [1.807, 2.05) is 0 Å². The number of aliphatic hydroxyl groups is 1. The predicted octanol–water partition coefficient (Wildman–Crippen LogP) is 2.74. The van der Waals surface area contributed by atoms with E-state index in [1.54, 1.807) is 0 Å². The number of benzene rings is 1. The lowest BCUT2D eigenvalue weighted by molar-refractivity contribution is 0.151. The lowest BCUT2D eigenvalue weighted by Crippen LogP contribution is -2.30. The third-order valence-electron chi connectivity index (χ3n) is 4.04. The summed E-state index contributed by atoms with van der Waals surface area (Å²) in [6, 6.07) is 8.60. The summed E-state index contributed by atoms with van der Waals surface area (Å²) in [5, 5.41) is 10.1. The molecule has 0 atom stereocenters. The molecule has 1 N–H and O–H groups in total. The van der Waals surface area contributed by atoms with Crippen LogP contribution < -0.4 is 4.90 Å². The van der Waals surface area contributed by atoms with Gasteiger partial charge < -0.3 is 10.0 Å². The standard InChI is InChI=1S/C15H21NO/c17-15(8-9-15)12-13-6-2-3-7-14(13)16-10-4-1-5-11-16/h2-3,6-7,17H,1,4-5,8-12H2. The highest BCUT2D eigenvalue weighted by Crippen LogP contribution is 2.40. The van der Waals surface area contributed by atoms with Crippen LogP contribution in [0.15, 0.2) is 24.3 Å². The fourth-order valence-corrected chi connectivity index (χ4v) is 2.78. The van der Waals surface area contributed by atoms with Crippen molar-refractivity contribution in [2.75, 3.05) is 18.0 Å². The molecule has 2 aliphatic rings. The minimum atomic E-state index is -0.383. The van der Waals surface area contributed by atoms with Crippen molar-refractivity contribution in [3.63, 3.8) is 0 Å². The quantitative estimate of drug-likeness (QED) is 0.864. The molecule has 1 aliphatic heterocycles. The van der Waals surface area contributed by atoms with Crippen molar-refractivity contribution in [3.05, 3.63) is 29.8 Å². The van der Waals surface area contributed by atoms with Gasteiger partial charge in [-0.05, 0) is 43.7 Å². The van der Waals surface area contributed by atoms with Crippen LogP contribution in [0.1, 0.15) is 37.7 Å². The van der Waals surface area contributed by atoms with Crippen LogP contribution in [0, 0.1) is 0 Å². The monoisotopic (exact) mass is 231 g/mol. The molecule has 2 heteroatoms. The first-order valence-electron chi connectivity index (χ1n) is 6.82. The van der Waals surface area contributed by atoms with Gasteiger partial charge in [-0.2, -0.15) is 0 Å². The molecule has 1 saturated carbocycles. The van der Waals surface area contributed by atoms with Crippen LogP contribution in [0.5, 0.6) is 0 Å². The number of anilines is 1. The Labute approximate surface area is 103 Å². The van der Waals surface area contributed by atoms with Crippen molar-refractivity contribution in [1.82, 2.24) is 0 Å². The van der Waals surface area contributed by atoms with E-state index >= 15 is 0 Å². The average molecular weight is 231 g/mol. The molecule has 92 valence electrons. The molecule has 17 heavy (non-hydrogen) atoms. The van der Waals surface area contributed by atoms with Crippen LogP contribution in [0.4, 0.5) is 5.69 Å². The van der Waals surface area contributed by atoms with Crippen molar-refractivity contribution in [2.45, 2.75) is 44.1 Å². The second-order valence-electron chi connectivity index (χ2n) is 5.58. The second kappa shape index (κ2) is 4.34. The van der Waals surface area contributed by atoms with Gasteiger partial charge in [-0.15, -0.1) is 0 Å². The first kappa shape index (κ1) is 11.1. The Morgan fingerprint density at radius 2 is 1.76 bits per heavy atom. The SMILES string of the molecule is OC1(Cc2ccccc2N2CCCCC2)CC1. The van der Waals surface area contributed by atoms with Crippen molar-refractivity contribution in [2.24, 2.45) is 0 Å². The lowest BCUT2D eigenvalue weighted by atomic mass is 10.0. The first-order chi connectivity index (χ1) is 8.27. The molecule has 0 radical (unpaired) electrons. The number of piperidine rings is 1. The summed E-state index contributed by atoms with van der Waals surface area (Å²) < 4.78 is 0. The Kier molecular flexibility index (Phi) is 2.83. The Morgan fingerprint density at radius 3 is 2.47 bits per heavy atom. The topological polar surface area (TPSA) is 23.5 Å². The molecule has 0 bridgehead atoms. The molecule has 1 saturated heterocycles. The zero-order chi connectivity index (χ0) is 11.7. The van der Waals surface area contributed by atoms with E-state index in [-0.39, 0.29) is 5.60 Å². The summed E-state index contributed by atoms with van der Waals surface area (Å²) in [6.07, 6.45) is 6.75. The largest absolute Gasteiger partial charge is 0.390 e. The third kappa shape index (κ3) is 2.47. The van der Waals surface area contributed by atoms with Gasteiger partial charge in [-0.3, -0.25) is 0 Å². The number of para-hydroxylation sites is 1. The summed E-state index contributed by atoms with van der Waals surface area (Å²) in [5.41, 5.74) is 2.30. The van der Waals surface area contributed by atoms with E-state index in [0.29, 0.717) is 0 Å². The van der Waals surface area contributed by atoms with Crippen molar-refractivity contribution >= 4 is 5.69 Å². The van der Waals surface area contributed by atoms with Gasteiger partial charge in [0.15, 0.2) is 0 Å². The highest BCUT2D eigenvalue weighted by molar-refractivity contribution is 5.54. The zero-order valence-electron chi connectivity index (χ0n) is 10.4. The maximum absolute atomic E-state index is 10.1. The zero-order valence-corrected chi connectivity index (χ0v) is 10.4. The normalized spacial score (nSPS) is 22.5. The summed E-state index contributed by atoms with van der Waals surface area (Å²) in [7, 11) is 0. The van der Waals surface area contributed by atoms with Gasteiger partial charge in [0.05, 0.1) is 5.60 Å². The smallest absolute Gasteiger partial charge is 0.0690 e. The van der Waals surface area contributed by atoms with Gasteiger partial charge in [0, 0.05) is 25.2 Å². The molecular formula is C15H21NO. The molecule has 3 rings (SSSR count). The minimum absolute atomic E-state index is 0.383. The summed E-state index contributed by atoms with van der Waals surface area (Å²) in [4.78, 5) is 2.49. The number of rotatable bonds is 3. The lowest BCUT2D eigenvalue weighted by Gasteiger charge is -2.31. The maximum atomic E-state index is 10.1. The predicted molar refractivity (Wildman–Crippen MR) is 70.4 cm³/mol. The Balaban J connectivity index is 1.81. The van der Waals surface area contributed by atoms with Crippen LogP contribution in [-0.4, -0.2) is 23.8 Å². The molecule has 1 heterocycles. The highest BCUT2D eigenvalue weighted by atomic mass is 16.3. The molecule has 0 aromatic heterocycles. The molecule has 1 aromatic rings. The first-order valence-corrected chi connectivity index (χ1v) is 6.82. The van der Waals surface area contributed by atoms with E-state index in [1.165, 1.54) is 43.6 Å². The highest BCUT2D eigenvalue weighted by Gasteiger charge is 2.40. The van der Waals surface area contributed by atoms with Crippen LogP contribution in [0.2, 0.25) is 0 Å². The van der Waals surface area contributed by atoms with E-state index in [2.05, 4.69) is 29.2 Å². The summed E-state index contributed by atoms with van der Waals surface area (Å²) >= 11 is 0. The number of hydrogen-bond acceptors (Lipinski definition) is 2. The van der Waals surface area contributed by atoms with Gasteiger partial charge in [0.1, 0.15) is 0 Å². The molecular weight excluding hydrogens is 210 g/mol. The minimum Gasteiger partial charge on any atom is -0.390 e. The molecule has 1 aromatic carbocycles. The van der Waals surface area contributed by atoms with E-state index in [9.17, 15) is 5.11 Å². The van der Waals surface area contributed by atoms with Crippen molar-refractivity contribution < 1.29 is 5.11 Å². The van der Waals surface area contributed by atoms with Crippen molar-refractivity contribution in [1.29, 1.82) is 0 Å². The Bertz CT molecular complexity index is 392. The van der Waals surface area contributed by atoms with Gasteiger partial charge in [-0.25, -0.2) is 0 Å². The summed E-state index contributed by atoms with van der Waals surface area (Å²) in [6.45, 7) is 2.35. The van der Waals surface area contributed by atoms with Crippen LogP contribution in [-0.2, 0) is 6.42 Å². The van der Waals surface area contributed by atoms with Gasteiger partial charge in [0.25, 0.3) is 0 Å². The molecule has 2 fully saturated rings. The van der Waals surface area contributed by atoms with E-state index < -0.39 is 0 Å². The summed E-state index contributed by atoms with van der Waals surface area (Å²) in [5.74, 6) is 0. The van der Waals surface area contributed by atoms with E-state index in [0.717, 1.165) is 19.3 Å². The second-order valence-corrected chi connectivity index (χ2v) is 5.58.